The molecule has 20 heavy (non-hydrogen) atoms. The molecule has 2 aromatic rings. The Bertz CT molecular complexity index is 604. The maximum absolute atomic E-state index is 10.9. The van der Waals surface area contributed by atoms with Crippen LogP contribution in [0.3, 0.4) is 0 Å². The Labute approximate surface area is 115 Å². The lowest BCUT2D eigenvalue weighted by Crippen LogP contribution is -2.03. The quantitative estimate of drug-likeness (QED) is 0.643. The van der Waals surface area contributed by atoms with Crippen LogP contribution < -0.4 is 10.1 Å². The van der Waals surface area contributed by atoms with Gasteiger partial charge in [0.15, 0.2) is 0 Å². The van der Waals surface area contributed by atoms with Gasteiger partial charge in [-0.1, -0.05) is 19.1 Å². The van der Waals surface area contributed by atoms with Crippen molar-refractivity contribution in [3.63, 3.8) is 0 Å². The number of benzene rings is 1. The Hall–Kier alpha value is -2.70. The van der Waals surface area contributed by atoms with Gasteiger partial charge < -0.3 is 10.1 Å². The predicted molar refractivity (Wildman–Crippen MR) is 74.0 cm³/mol. The second-order valence-electron chi connectivity index (χ2n) is 4.00. The zero-order valence-corrected chi connectivity index (χ0v) is 10.9. The standard InChI is InChI=1S/C13H14N4O3/c1-2-7-15-12-8-14-9-13(16-12)20-11-6-4-3-5-10(11)17(18)19/h3-6,8-9H,2,7H2,1H3,(H,15,16). The van der Waals surface area contributed by atoms with E-state index >= 15 is 0 Å². The van der Waals surface area contributed by atoms with Crippen LogP contribution in [0.5, 0.6) is 11.6 Å². The van der Waals surface area contributed by atoms with E-state index in [4.69, 9.17) is 4.74 Å². The van der Waals surface area contributed by atoms with E-state index in [1.54, 1.807) is 18.3 Å². The van der Waals surface area contributed by atoms with Crippen LogP contribution >= 0.6 is 0 Å². The Balaban J connectivity index is 2.20. The first-order chi connectivity index (χ1) is 9.70. The van der Waals surface area contributed by atoms with Crippen LogP contribution in [0.1, 0.15) is 13.3 Å². The zero-order chi connectivity index (χ0) is 14.4. The highest BCUT2D eigenvalue weighted by molar-refractivity contribution is 5.47. The first-order valence-electron chi connectivity index (χ1n) is 6.18. The van der Waals surface area contributed by atoms with Crippen LogP contribution in [0.15, 0.2) is 36.7 Å². The van der Waals surface area contributed by atoms with Gasteiger partial charge in [-0.15, -0.1) is 0 Å². The molecule has 1 aromatic carbocycles. The number of hydrogen-bond acceptors (Lipinski definition) is 6. The van der Waals surface area contributed by atoms with Crippen LogP contribution in [0.2, 0.25) is 0 Å². The predicted octanol–water partition coefficient (Wildman–Crippen LogP) is 3.00. The number of aromatic nitrogens is 2. The maximum Gasteiger partial charge on any atom is 0.311 e. The number of nitrogens with one attached hydrogen (secondary N) is 1. The molecule has 1 N–H and O–H groups in total. The molecule has 0 bridgehead atoms. The molecule has 0 saturated heterocycles. The van der Waals surface area contributed by atoms with Crippen molar-refractivity contribution in [3.8, 4) is 11.6 Å². The first kappa shape index (κ1) is 13.7. The van der Waals surface area contributed by atoms with Gasteiger partial charge in [0.05, 0.1) is 17.3 Å². The molecule has 0 aliphatic rings. The number of nitro groups is 1. The molecule has 0 spiro atoms. The lowest BCUT2D eigenvalue weighted by atomic mass is 10.3. The van der Waals surface area contributed by atoms with Gasteiger partial charge in [-0.2, -0.15) is 4.98 Å². The fourth-order valence-electron chi connectivity index (χ4n) is 1.54. The molecule has 0 unspecified atom stereocenters. The normalized spacial score (nSPS) is 10.1. The molecule has 7 nitrogen and oxygen atoms in total. The average Bonchev–Trinajstić information content (AvgIpc) is 2.46. The van der Waals surface area contributed by atoms with E-state index < -0.39 is 4.92 Å². The highest BCUT2D eigenvalue weighted by Gasteiger charge is 2.15. The fourth-order valence-corrected chi connectivity index (χ4v) is 1.54. The van der Waals surface area contributed by atoms with E-state index in [9.17, 15) is 10.1 Å². The van der Waals surface area contributed by atoms with E-state index in [1.165, 1.54) is 18.3 Å². The molecule has 104 valence electrons. The minimum absolute atomic E-state index is 0.110. The van der Waals surface area contributed by atoms with E-state index in [1.807, 2.05) is 6.92 Å². The number of nitro benzene ring substituents is 1. The lowest BCUT2D eigenvalue weighted by Gasteiger charge is -2.07. The maximum atomic E-state index is 10.9. The third-order valence-corrected chi connectivity index (χ3v) is 2.45. The molecule has 0 radical (unpaired) electrons. The molecule has 2 rings (SSSR count). The number of anilines is 1. The van der Waals surface area contributed by atoms with Gasteiger partial charge in [-0.3, -0.25) is 15.1 Å². The molecule has 0 aliphatic heterocycles. The molecule has 1 heterocycles. The molecular formula is C13H14N4O3. The third-order valence-electron chi connectivity index (χ3n) is 2.45. The van der Waals surface area contributed by atoms with Gasteiger partial charge in [0.1, 0.15) is 5.82 Å². The van der Waals surface area contributed by atoms with Crippen molar-refractivity contribution in [3.05, 3.63) is 46.8 Å². The minimum Gasteiger partial charge on any atom is -0.430 e. The first-order valence-corrected chi connectivity index (χ1v) is 6.18. The molecule has 0 aliphatic carbocycles. The highest BCUT2D eigenvalue weighted by Crippen LogP contribution is 2.29. The number of nitrogens with zero attached hydrogens (tertiary/aromatic N) is 3. The minimum atomic E-state index is -0.498. The van der Waals surface area contributed by atoms with Crippen molar-refractivity contribution in [2.75, 3.05) is 11.9 Å². The van der Waals surface area contributed by atoms with Gasteiger partial charge in [0.2, 0.25) is 11.6 Å². The van der Waals surface area contributed by atoms with Crippen LogP contribution in [0.4, 0.5) is 11.5 Å². The molecular weight excluding hydrogens is 260 g/mol. The van der Waals surface area contributed by atoms with E-state index in [-0.39, 0.29) is 17.3 Å². The largest absolute Gasteiger partial charge is 0.430 e. The SMILES string of the molecule is CCCNc1cncc(Oc2ccccc2[N+](=O)[O-])n1. The topological polar surface area (TPSA) is 90.2 Å². The van der Waals surface area contributed by atoms with E-state index in [0.717, 1.165) is 13.0 Å². The van der Waals surface area contributed by atoms with Gasteiger partial charge >= 0.3 is 5.69 Å². The van der Waals surface area contributed by atoms with Crippen LogP contribution in [-0.4, -0.2) is 21.4 Å². The van der Waals surface area contributed by atoms with Gasteiger partial charge in [0, 0.05) is 12.6 Å². The molecule has 0 fully saturated rings. The monoisotopic (exact) mass is 274 g/mol. The Kier molecular flexibility index (Phi) is 4.43. The second-order valence-corrected chi connectivity index (χ2v) is 4.00. The number of rotatable bonds is 6. The van der Waals surface area contributed by atoms with Crippen molar-refractivity contribution in [2.45, 2.75) is 13.3 Å². The summed E-state index contributed by atoms with van der Waals surface area (Å²) < 4.78 is 5.44. The van der Waals surface area contributed by atoms with Crippen LogP contribution in [0.25, 0.3) is 0 Å². The van der Waals surface area contributed by atoms with Gasteiger partial charge in [-0.05, 0) is 12.5 Å². The van der Waals surface area contributed by atoms with Crippen molar-refractivity contribution >= 4 is 11.5 Å². The van der Waals surface area contributed by atoms with Gasteiger partial charge in [0.25, 0.3) is 0 Å². The van der Waals surface area contributed by atoms with Crippen molar-refractivity contribution in [1.82, 2.24) is 9.97 Å². The fraction of sp³-hybridized carbons (Fsp3) is 0.231. The summed E-state index contributed by atoms with van der Waals surface area (Å²) in [5, 5.41) is 14.0. The zero-order valence-electron chi connectivity index (χ0n) is 10.9. The highest BCUT2D eigenvalue weighted by atomic mass is 16.6. The average molecular weight is 274 g/mol. The lowest BCUT2D eigenvalue weighted by molar-refractivity contribution is -0.385. The summed E-state index contributed by atoms with van der Waals surface area (Å²) in [6, 6.07) is 6.14. The summed E-state index contributed by atoms with van der Waals surface area (Å²) in [5.41, 5.74) is -0.110. The summed E-state index contributed by atoms with van der Waals surface area (Å²) in [5.74, 6) is 0.919. The Morgan fingerprint density at radius 2 is 2.15 bits per heavy atom. The summed E-state index contributed by atoms with van der Waals surface area (Å²) in [6.45, 7) is 2.80. The molecule has 0 atom stereocenters. The Morgan fingerprint density at radius 1 is 1.35 bits per heavy atom. The number of para-hydroxylation sites is 2. The van der Waals surface area contributed by atoms with E-state index in [2.05, 4.69) is 15.3 Å². The second kappa shape index (κ2) is 6.46. The molecule has 1 aromatic heterocycles. The summed E-state index contributed by atoms with van der Waals surface area (Å²) in [4.78, 5) is 18.6. The summed E-state index contributed by atoms with van der Waals surface area (Å²) in [7, 11) is 0. The third kappa shape index (κ3) is 3.41. The van der Waals surface area contributed by atoms with Crippen molar-refractivity contribution < 1.29 is 9.66 Å². The number of hydrogen-bond donors (Lipinski definition) is 1. The molecule has 0 amide bonds. The summed E-state index contributed by atoms with van der Waals surface area (Å²) >= 11 is 0. The van der Waals surface area contributed by atoms with E-state index in [0.29, 0.717) is 5.82 Å². The molecule has 7 heteroatoms. The van der Waals surface area contributed by atoms with Gasteiger partial charge in [-0.25, -0.2) is 0 Å². The Morgan fingerprint density at radius 3 is 2.90 bits per heavy atom. The van der Waals surface area contributed by atoms with Crippen molar-refractivity contribution in [1.29, 1.82) is 0 Å². The summed E-state index contributed by atoms with van der Waals surface area (Å²) in [6.07, 6.45) is 3.94. The van der Waals surface area contributed by atoms with Crippen molar-refractivity contribution in [2.24, 2.45) is 0 Å². The molecule has 0 saturated carbocycles. The van der Waals surface area contributed by atoms with Crippen LogP contribution in [0, 0.1) is 10.1 Å². The van der Waals surface area contributed by atoms with Crippen LogP contribution in [-0.2, 0) is 0 Å². The smallest absolute Gasteiger partial charge is 0.311 e. The number of ether oxygens (including phenoxy) is 1.